The summed E-state index contributed by atoms with van der Waals surface area (Å²) in [4.78, 5) is 31.4. The van der Waals surface area contributed by atoms with Crippen LogP contribution in [-0.2, 0) is 0 Å². The number of rotatable bonds is 8. The number of anilines is 3. The van der Waals surface area contributed by atoms with Crippen molar-refractivity contribution in [1.29, 1.82) is 0 Å². The number of nitrogens with one attached hydrogen (secondary N) is 3. The second-order valence-corrected chi connectivity index (χ2v) is 6.12. The lowest BCUT2D eigenvalue weighted by atomic mass is 10.1. The first kappa shape index (κ1) is 20.5. The highest BCUT2D eigenvalue weighted by atomic mass is 16.6. The number of ether oxygens (including phenoxy) is 1. The quantitative estimate of drug-likeness (QED) is 0.381. The summed E-state index contributed by atoms with van der Waals surface area (Å²) in [6.45, 7) is 4.06. The van der Waals surface area contributed by atoms with Gasteiger partial charge in [-0.15, -0.1) is 0 Å². The maximum atomic E-state index is 12.4. The first-order chi connectivity index (χ1) is 14.5. The summed E-state index contributed by atoms with van der Waals surface area (Å²) in [5.74, 6) is -0.129. The Balaban J connectivity index is 1.86. The van der Waals surface area contributed by atoms with E-state index in [1.54, 1.807) is 49.4 Å². The predicted octanol–water partition coefficient (Wildman–Crippen LogP) is 3.59. The zero-order valence-corrected chi connectivity index (χ0v) is 16.4. The predicted molar refractivity (Wildman–Crippen MR) is 112 cm³/mol. The number of aromatic nitrogens is 2. The van der Waals surface area contributed by atoms with Gasteiger partial charge in [0, 0.05) is 5.56 Å². The van der Waals surface area contributed by atoms with Gasteiger partial charge in [0.2, 0.25) is 11.6 Å². The molecule has 0 radical (unpaired) electrons. The number of hydrogen-bond donors (Lipinski definition) is 3. The zero-order chi connectivity index (χ0) is 21.5. The van der Waals surface area contributed by atoms with Crippen LogP contribution in [0.15, 0.2) is 54.9 Å². The second-order valence-electron chi connectivity index (χ2n) is 6.12. The number of nitro groups is 1. The van der Waals surface area contributed by atoms with E-state index in [-0.39, 0.29) is 11.6 Å². The van der Waals surface area contributed by atoms with Crippen LogP contribution in [0, 0.1) is 17.0 Å². The van der Waals surface area contributed by atoms with Gasteiger partial charge >= 0.3 is 5.69 Å². The molecule has 0 atom stereocenters. The third kappa shape index (κ3) is 4.61. The molecule has 0 spiro atoms. The fourth-order valence-corrected chi connectivity index (χ4v) is 2.72. The summed E-state index contributed by atoms with van der Waals surface area (Å²) in [7, 11) is 0. The Kier molecular flexibility index (Phi) is 6.38. The van der Waals surface area contributed by atoms with Crippen molar-refractivity contribution >= 4 is 28.9 Å². The summed E-state index contributed by atoms with van der Waals surface area (Å²) in [6.07, 6.45) is 1.15. The van der Waals surface area contributed by atoms with E-state index >= 15 is 0 Å². The van der Waals surface area contributed by atoms with Gasteiger partial charge < -0.3 is 10.1 Å². The highest BCUT2D eigenvalue weighted by Crippen LogP contribution is 2.34. The molecule has 2 aromatic carbocycles. The molecular formula is C20H20N6O4. The molecule has 154 valence electrons. The van der Waals surface area contributed by atoms with E-state index in [4.69, 9.17) is 4.74 Å². The summed E-state index contributed by atoms with van der Waals surface area (Å²) in [6, 6.07) is 14.0. The third-order valence-corrected chi connectivity index (χ3v) is 4.13. The molecule has 0 saturated heterocycles. The van der Waals surface area contributed by atoms with Crippen molar-refractivity contribution in [2.45, 2.75) is 13.8 Å². The molecule has 30 heavy (non-hydrogen) atoms. The third-order valence-electron chi connectivity index (χ3n) is 4.13. The average Bonchev–Trinajstić information content (AvgIpc) is 2.74. The maximum Gasteiger partial charge on any atom is 0.355 e. The van der Waals surface area contributed by atoms with Crippen molar-refractivity contribution in [3.05, 3.63) is 76.1 Å². The standard InChI is InChI=1S/C20H20N6O4/c1-3-30-16-11-7-6-10-15(16)23-18-17(26(28)29)19(22-12-21-18)24-25-20(27)14-9-5-4-8-13(14)2/h4-12H,3H2,1-2H3,(H,25,27)(H2,21,22,23,24). The van der Waals surface area contributed by atoms with Gasteiger partial charge in [-0.25, -0.2) is 9.97 Å². The topological polar surface area (TPSA) is 131 Å². The van der Waals surface area contributed by atoms with Crippen molar-refractivity contribution in [3.8, 4) is 5.75 Å². The highest BCUT2D eigenvalue weighted by Gasteiger charge is 2.24. The number of hydrogen-bond acceptors (Lipinski definition) is 8. The highest BCUT2D eigenvalue weighted by molar-refractivity contribution is 5.96. The van der Waals surface area contributed by atoms with Crippen molar-refractivity contribution in [3.63, 3.8) is 0 Å². The number of carbonyl (C=O) groups is 1. The fourth-order valence-electron chi connectivity index (χ4n) is 2.72. The zero-order valence-electron chi connectivity index (χ0n) is 16.4. The van der Waals surface area contributed by atoms with E-state index in [9.17, 15) is 14.9 Å². The van der Waals surface area contributed by atoms with Gasteiger partial charge in [-0.1, -0.05) is 30.3 Å². The van der Waals surface area contributed by atoms with Gasteiger partial charge in [0.15, 0.2) is 0 Å². The van der Waals surface area contributed by atoms with Gasteiger partial charge in [0.05, 0.1) is 17.2 Å². The first-order valence-electron chi connectivity index (χ1n) is 9.11. The van der Waals surface area contributed by atoms with E-state index in [1.807, 2.05) is 13.0 Å². The largest absolute Gasteiger partial charge is 0.492 e. The number of nitrogens with zero attached hydrogens (tertiary/aromatic N) is 3. The molecule has 1 heterocycles. The molecule has 3 rings (SSSR count). The Labute approximate surface area is 172 Å². The number of hydrazine groups is 1. The number of carbonyl (C=O) groups excluding carboxylic acids is 1. The number of amides is 1. The van der Waals surface area contributed by atoms with Crippen LogP contribution in [0.25, 0.3) is 0 Å². The minimum atomic E-state index is -0.631. The smallest absolute Gasteiger partial charge is 0.355 e. The average molecular weight is 408 g/mol. The van der Waals surface area contributed by atoms with Crippen LogP contribution >= 0.6 is 0 Å². The summed E-state index contributed by atoms with van der Waals surface area (Å²) < 4.78 is 5.53. The van der Waals surface area contributed by atoms with E-state index in [1.165, 1.54) is 0 Å². The second kappa shape index (κ2) is 9.32. The van der Waals surface area contributed by atoms with Crippen LogP contribution in [-0.4, -0.2) is 27.4 Å². The minimum absolute atomic E-state index is 0.0465. The molecule has 10 heteroatoms. The van der Waals surface area contributed by atoms with Crippen LogP contribution in [0.1, 0.15) is 22.8 Å². The Hall–Kier alpha value is -4.21. The molecule has 0 fully saturated rings. The Morgan fingerprint density at radius 2 is 1.80 bits per heavy atom. The number of para-hydroxylation sites is 2. The molecule has 0 unspecified atom stereocenters. The first-order valence-corrected chi connectivity index (χ1v) is 9.11. The molecule has 1 amide bonds. The maximum absolute atomic E-state index is 12.4. The normalized spacial score (nSPS) is 10.2. The number of aryl methyl sites for hydroxylation is 1. The van der Waals surface area contributed by atoms with Crippen molar-refractivity contribution in [2.24, 2.45) is 0 Å². The van der Waals surface area contributed by atoms with Gasteiger partial charge in [-0.05, 0) is 37.6 Å². The molecule has 0 saturated carbocycles. The molecule has 0 bridgehead atoms. The molecule has 0 aliphatic rings. The fraction of sp³-hybridized carbons (Fsp3) is 0.150. The van der Waals surface area contributed by atoms with E-state index in [0.717, 1.165) is 11.9 Å². The van der Waals surface area contributed by atoms with Crippen molar-refractivity contribution in [1.82, 2.24) is 15.4 Å². The van der Waals surface area contributed by atoms with E-state index in [0.29, 0.717) is 23.6 Å². The van der Waals surface area contributed by atoms with Gasteiger partial charge in [-0.2, -0.15) is 0 Å². The molecule has 0 aliphatic carbocycles. The summed E-state index contributed by atoms with van der Waals surface area (Å²) in [5.41, 5.74) is 6.25. The summed E-state index contributed by atoms with van der Waals surface area (Å²) in [5, 5.41) is 14.6. The molecular weight excluding hydrogens is 388 g/mol. The van der Waals surface area contributed by atoms with Gasteiger partial charge in [0.25, 0.3) is 5.91 Å². The van der Waals surface area contributed by atoms with Crippen LogP contribution < -0.4 is 20.9 Å². The Bertz CT molecular complexity index is 1070. The molecule has 0 aliphatic heterocycles. The molecule has 1 aromatic heterocycles. The lowest BCUT2D eigenvalue weighted by molar-refractivity contribution is -0.383. The number of benzene rings is 2. The lowest BCUT2D eigenvalue weighted by Gasteiger charge is -2.13. The monoisotopic (exact) mass is 408 g/mol. The molecule has 10 nitrogen and oxygen atoms in total. The Morgan fingerprint density at radius 1 is 1.10 bits per heavy atom. The van der Waals surface area contributed by atoms with Crippen LogP contribution in [0.2, 0.25) is 0 Å². The van der Waals surface area contributed by atoms with Crippen LogP contribution in [0.3, 0.4) is 0 Å². The molecule has 3 N–H and O–H groups in total. The van der Waals surface area contributed by atoms with E-state index in [2.05, 4.69) is 26.1 Å². The van der Waals surface area contributed by atoms with Gasteiger partial charge in [-0.3, -0.25) is 25.8 Å². The SMILES string of the molecule is CCOc1ccccc1Nc1ncnc(NNC(=O)c2ccccc2C)c1[N+](=O)[O-]. The van der Waals surface area contributed by atoms with E-state index < -0.39 is 16.5 Å². The minimum Gasteiger partial charge on any atom is -0.492 e. The lowest BCUT2D eigenvalue weighted by Crippen LogP contribution is -2.30. The summed E-state index contributed by atoms with van der Waals surface area (Å²) >= 11 is 0. The van der Waals surface area contributed by atoms with Crippen LogP contribution in [0.5, 0.6) is 5.75 Å². The van der Waals surface area contributed by atoms with Crippen molar-refractivity contribution < 1.29 is 14.5 Å². The van der Waals surface area contributed by atoms with Crippen molar-refractivity contribution in [2.75, 3.05) is 17.3 Å². The van der Waals surface area contributed by atoms with Gasteiger partial charge in [0.1, 0.15) is 12.1 Å². The van der Waals surface area contributed by atoms with Crippen LogP contribution in [0.4, 0.5) is 23.0 Å². The molecule has 3 aromatic rings. The Morgan fingerprint density at radius 3 is 2.53 bits per heavy atom.